The standard InChI is InChI=1S/C21H41N5O10S/c1-4-26-13-7-12(24)15(34-19-11(23)6-5-10(8-22)33-19)17(36-37(29,30)31)16(13)35-20-14(27)18(25-3)21(2,28)9-32-20/h5,11-20,25-28H,4,6-9,22-24H2,1-3H3,(H,29,30,31)/t11-,12+,13-,14-,15-,16+,17+,18-,19-,20-,21+/m1/s1. The minimum absolute atomic E-state index is 0.107. The Morgan fingerprint density at radius 2 is 1.86 bits per heavy atom. The summed E-state index contributed by atoms with van der Waals surface area (Å²) in [5.74, 6) is 0.450. The van der Waals surface area contributed by atoms with E-state index >= 15 is 0 Å². The summed E-state index contributed by atoms with van der Waals surface area (Å²) in [6, 6.07) is -2.81. The Labute approximate surface area is 216 Å². The Morgan fingerprint density at radius 1 is 1.19 bits per heavy atom. The Bertz CT molecular complexity index is 893. The maximum atomic E-state index is 11.9. The van der Waals surface area contributed by atoms with Crippen LogP contribution in [-0.4, -0.2) is 117 Å². The van der Waals surface area contributed by atoms with Crippen molar-refractivity contribution >= 4 is 10.4 Å². The van der Waals surface area contributed by atoms with Crippen LogP contribution in [0, 0.1) is 0 Å². The molecule has 0 radical (unpaired) electrons. The number of aliphatic hydroxyl groups excluding tert-OH is 1. The van der Waals surface area contributed by atoms with E-state index in [1.165, 1.54) is 6.92 Å². The van der Waals surface area contributed by atoms with Crippen molar-refractivity contribution in [1.29, 1.82) is 0 Å². The molecule has 11 atom stereocenters. The van der Waals surface area contributed by atoms with Gasteiger partial charge in [-0.25, -0.2) is 4.18 Å². The predicted molar refractivity (Wildman–Crippen MR) is 130 cm³/mol. The van der Waals surface area contributed by atoms with Gasteiger partial charge in [0.15, 0.2) is 6.29 Å². The fourth-order valence-corrected chi connectivity index (χ4v) is 5.58. The molecule has 0 spiro atoms. The predicted octanol–water partition coefficient (Wildman–Crippen LogP) is -3.37. The lowest BCUT2D eigenvalue weighted by Gasteiger charge is -2.49. The minimum atomic E-state index is -5.01. The van der Waals surface area contributed by atoms with E-state index in [1.807, 2.05) is 6.92 Å². The van der Waals surface area contributed by atoms with E-state index in [4.69, 9.17) is 40.3 Å². The van der Waals surface area contributed by atoms with Crippen molar-refractivity contribution in [2.24, 2.45) is 17.2 Å². The van der Waals surface area contributed by atoms with Gasteiger partial charge in [-0.15, -0.1) is 0 Å². The fourth-order valence-electron chi connectivity index (χ4n) is 5.08. The fraction of sp³-hybridized carbons (Fsp3) is 0.905. The highest BCUT2D eigenvalue weighted by molar-refractivity contribution is 7.80. The van der Waals surface area contributed by atoms with Crippen LogP contribution in [0.5, 0.6) is 0 Å². The summed E-state index contributed by atoms with van der Waals surface area (Å²) in [5, 5.41) is 27.5. The van der Waals surface area contributed by atoms with Crippen molar-refractivity contribution < 1.29 is 46.3 Å². The first-order chi connectivity index (χ1) is 17.3. The smallest absolute Gasteiger partial charge is 0.397 e. The molecular formula is C21H41N5O10S. The molecule has 1 aliphatic carbocycles. The first-order valence-corrected chi connectivity index (χ1v) is 13.6. The molecule has 0 amide bonds. The lowest BCUT2D eigenvalue weighted by atomic mass is 9.83. The van der Waals surface area contributed by atoms with Crippen LogP contribution in [-0.2, 0) is 33.5 Å². The molecule has 37 heavy (non-hydrogen) atoms. The summed E-state index contributed by atoms with van der Waals surface area (Å²) < 4.78 is 62.0. The number of aliphatic hydroxyl groups is 2. The quantitative estimate of drug-likeness (QED) is 0.123. The number of nitrogens with two attached hydrogens (primary N) is 3. The molecule has 15 nitrogen and oxygen atoms in total. The highest BCUT2D eigenvalue weighted by atomic mass is 32.3. The molecule has 2 aliphatic heterocycles. The van der Waals surface area contributed by atoms with Crippen molar-refractivity contribution in [3.63, 3.8) is 0 Å². The molecule has 16 heteroatoms. The molecule has 2 heterocycles. The first kappa shape index (κ1) is 30.6. The minimum Gasteiger partial charge on any atom is -0.467 e. The van der Waals surface area contributed by atoms with Gasteiger partial charge in [0.2, 0.25) is 6.29 Å². The van der Waals surface area contributed by atoms with Gasteiger partial charge in [-0.1, -0.05) is 6.92 Å². The summed E-state index contributed by atoms with van der Waals surface area (Å²) in [6.45, 7) is 3.72. The second-order valence-electron chi connectivity index (χ2n) is 9.81. The van der Waals surface area contributed by atoms with Gasteiger partial charge in [-0.05, 0) is 39.4 Å². The molecule has 0 aromatic carbocycles. The second kappa shape index (κ2) is 12.5. The molecule has 11 N–H and O–H groups in total. The number of hydrogen-bond donors (Lipinski definition) is 8. The Hall–Kier alpha value is -0.990. The Balaban J connectivity index is 1.92. The maximum absolute atomic E-state index is 11.9. The van der Waals surface area contributed by atoms with Gasteiger partial charge in [-0.2, -0.15) is 8.42 Å². The highest BCUT2D eigenvalue weighted by Crippen LogP contribution is 2.33. The number of ether oxygens (including phenoxy) is 4. The molecule has 1 saturated heterocycles. The van der Waals surface area contributed by atoms with E-state index in [9.17, 15) is 23.2 Å². The largest absolute Gasteiger partial charge is 0.467 e. The van der Waals surface area contributed by atoms with Crippen molar-refractivity contribution in [3.8, 4) is 0 Å². The van der Waals surface area contributed by atoms with E-state index in [0.717, 1.165) is 0 Å². The van der Waals surface area contributed by atoms with E-state index in [-0.39, 0.29) is 19.6 Å². The highest BCUT2D eigenvalue weighted by Gasteiger charge is 2.53. The third-order valence-electron chi connectivity index (χ3n) is 6.85. The van der Waals surface area contributed by atoms with Crippen LogP contribution in [0.1, 0.15) is 26.7 Å². The van der Waals surface area contributed by atoms with Crippen LogP contribution in [0.3, 0.4) is 0 Å². The molecule has 3 rings (SSSR count). The molecule has 3 aliphatic rings. The molecular weight excluding hydrogens is 514 g/mol. The van der Waals surface area contributed by atoms with Gasteiger partial charge in [-0.3, -0.25) is 4.55 Å². The van der Waals surface area contributed by atoms with Crippen LogP contribution in [0.4, 0.5) is 0 Å². The summed E-state index contributed by atoms with van der Waals surface area (Å²) in [6.07, 6.45) is -5.07. The Kier molecular flexibility index (Phi) is 10.3. The zero-order chi connectivity index (χ0) is 27.5. The van der Waals surface area contributed by atoms with Gasteiger partial charge in [0.25, 0.3) is 0 Å². The molecule has 0 aromatic rings. The molecule has 0 bridgehead atoms. The zero-order valence-electron chi connectivity index (χ0n) is 21.2. The monoisotopic (exact) mass is 555 g/mol. The van der Waals surface area contributed by atoms with Gasteiger partial charge in [0.05, 0.1) is 25.2 Å². The van der Waals surface area contributed by atoms with E-state index in [0.29, 0.717) is 18.7 Å². The summed E-state index contributed by atoms with van der Waals surface area (Å²) in [5.41, 5.74) is 16.8. The Morgan fingerprint density at radius 3 is 2.46 bits per heavy atom. The lowest BCUT2D eigenvalue weighted by molar-refractivity contribution is -0.302. The first-order valence-electron chi connectivity index (χ1n) is 12.3. The summed E-state index contributed by atoms with van der Waals surface area (Å²) in [4.78, 5) is 0. The van der Waals surface area contributed by atoms with E-state index < -0.39 is 77.2 Å². The van der Waals surface area contributed by atoms with Crippen LogP contribution >= 0.6 is 0 Å². The van der Waals surface area contributed by atoms with Crippen LogP contribution in [0.25, 0.3) is 0 Å². The van der Waals surface area contributed by atoms with E-state index in [1.54, 1.807) is 13.1 Å². The van der Waals surface area contributed by atoms with Crippen LogP contribution in [0.2, 0.25) is 0 Å². The van der Waals surface area contributed by atoms with Crippen molar-refractivity contribution in [2.75, 3.05) is 26.7 Å². The van der Waals surface area contributed by atoms with Crippen LogP contribution < -0.4 is 27.8 Å². The van der Waals surface area contributed by atoms with Gasteiger partial charge >= 0.3 is 10.4 Å². The molecule has 0 aromatic heterocycles. The van der Waals surface area contributed by atoms with Gasteiger partial charge < -0.3 is 57.0 Å². The number of rotatable bonds is 10. The van der Waals surface area contributed by atoms with E-state index in [2.05, 4.69) is 10.6 Å². The third-order valence-corrected chi connectivity index (χ3v) is 7.32. The average Bonchev–Trinajstić information content (AvgIpc) is 2.80. The maximum Gasteiger partial charge on any atom is 0.397 e. The van der Waals surface area contributed by atoms with Crippen LogP contribution in [0.15, 0.2) is 11.8 Å². The van der Waals surface area contributed by atoms with Crippen molar-refractivity contribution in [2.45, 2.75) is 93.5 Å². The normalized spacial score (nSPS) is 43.2. The second-order valence-corrected chi connectivity index (χ2v) is 10.9. The molecule has 2 fully saturated rings. The third kappa shape index (κ3) is 7.36. The molecule has 216 valence electrons. The average molecular weight is 556 g/mol. The number of hydrogen-bond acceptors (Lipinski definition) is 14. The number of nitrogens with one attached hydrogen (secondary N) is 2. The summed E-state index contributed by atoms with van der Waals surface area (Å²) in [7, 11) is -3.45. The van der Waals surface area contributed by atoms with Gasteiger partial charge in [0, 0.05) is 12.1 Å². The van der Waals surface area contributed by atoms with Crippen molar-refractivity contribution in [3.05, 3.63) is 11.8 Å². The molecule has 0 unspecified atom stereocenters. The number of likely N-dealkylation sites (N-methyl/N-ethyl adjacent to an activating group) is 2. The van der Waals surface area contributed by atoms with Crippen molar-refractivity contribution in [1.82, 2.24) is 10.6 Å². The summed E-state index contributed by atoms with van der Waals surface area (Å²) >= 11 is 0. The van der Waals surface area contributed by atoms with Gasteiger partial charge in [0.1, 0.15) is 35.8 Å². The zero-order valence-corrected chi connectivity index (χ0v) is 22.0. The molecule has 1 saturated carbocycles. The topological polar surface area (TPSA) is 243 Å². The lowest BCUT2D eigenvalue weighted by Crippen LogP contribution is -2.69. The SMILES string of the molecule is CCN[C@@H]1C[C@H](N)[C@@H](O[C@H]2OC(CN)=CC[C@H]2N)[C@H](OS(=O)(=O)O)[C@H]1O[C@H]1OC[C@](C)(O)[C@H](NC)[C@H]1O.